The summed E-state index contributed by atoms with van der Waals surface area (Å²) in [4.78, 5) is 8.65. The lowest BCUT2D eigenvalue weighted by atomic mass is 10.1. The van der Waals surface area contributed by atoms with E-state index in [2.05, 4.69) is 15.3 Å². The van der Waals surface area contributed by atoms with Crippen molar-refractivity contribution in [2.45, 2.75) is 6.10 Å². The molecule has 0 unspecified atom stereocenters. The number of nitrogens with one attached hydrogen (secondary N) is 1. The van der Waals surface area contributed by atoms with Gasteiger partial charge in [-0.15, -0.1) is 0 Å². The van der Waals surface area contributed by atoms with Crippen molar-refractivity contribution in [3.8, 4) is 0 Å². The predicted octanol–water partition coefficient (Wildman–Crippen LogP) is 2.91. The third-order valence-electron chi connectivity index (χ3n) is 3.19. The van der Waals surface area contributed by atoms with Gasteiger partial charge >= 0.3 is 0 Å². The lowest BCUT2D eigenvalue weighted by molar-refractivity contribution is 0.186. The Morgan fingerprint density at radius 1 is 1.05 bits per heavy atom. The van der Waals surface area contributed by atoms with Gasteiger partial charge in [-0.1, -0.05) is 30.3 Å². The molecule has 0 aliphatic heterocycles. The standard InChI is InChI=1S/C16H14FN3O/c17-12-6-2-1-5-11(12)15(21)9-19-16-10-18-13-7-3-4-8-14(13)20-16/h1-8,10,15,21H,9H2,(H,19,20)/t15-/m0/s1. The van der Waals surface area contributed by atoms with Crippen molar-refractivity contribution in [2.75, 3.05) is 11.9 Å². The van der Waals surface area contributed by atoms with E-state index >= 15 is 0 Å². The molecule has 5 heteroatoms. The summed E-state index contributed by atoms with van der Waals surface area (Å²) in [5.41, 5.74) is 1.83. The number of nitrogens with zero attached hydrogens (tertiary/aromatic N) is 2. The summed E-state index contributed by atoms with van der Waals surface area (Å²) < 4.78 is 13.6. The number of rotatable bonds is 4. The van der Waals surface area contributed by atoms with Crippen LogP contribution in [0.2, 0.25) is 0 Å². The third-order valence-corrected chi connectivity index (χ3v) is 3.19. The van der Waals surface area contributed by atoms with Crippen LogP contribution in [-0.2, 0) is 0 Å². The second-order valence-electron chi connectivity index (χ2n) is 4.66. The minimum absolute atomic E-state index is 0.161. The predicted molar refractivity (Wildman–Crippen MR) is 79.4 cm³/mol. The highest BCUT2D eigenvalue weighted by Crippen LogP contribution is 2.17. The van der Waals surface area contributed by atoms with E-state index in [1.54, 1.807) is 24.4 Å². The van der Waals surface area contributed by atoms with Crippen LogP contribution in [0.5, 0.6) is 0 Å². The first-order valence-electron chi connectivity index (χ1n) is 6.62. The molecule has 0 saturated carbocycles. The molecule has 106 valence electrons. The molecular weight excluding hydrogens is 269 g/mol. The summed E-state index contributed by atoms with van der Waals surface area (Å²) in [7, 11) is 0. The Morgan fingerprint density at radius 3 is 2.57 bits per heavy atom. The van der Waals surface area contributed by atoms with E-state index < -0.39 is 11.9 Å². The van der Waals surface area contributed by atoms with Crippen LogP contribution in [0, 0.1) is 5.82 Å². The van der Waals surface area contributed by atoms with Crippen molar-refractivity contribution < 1.29 is 9.50 Å². The monoisotopic (exact) mass is 283 g/mol. The molecule has 0 aliphatic rings. The quantitative estimate of drug-likeness (QED) is 0.773. The number of benzene rings is 2. The van der Waals surface area contributed by atoms with Crippen LogP contribution in [0.15, 0.2) is 54.7 Å². The van der Waals surface area contributed by atoms with Gasteiger partial charge in [-0.2, -0.15) is 0 Å². The largest absolute Gasteiger partial charge is 0.386 e. The van der Waals surface area contributed by atoms with E-state index in [0.29, 0.717) is 5.82 Å². The highest BCUT2D eigenvalue weighted by Gasteiger charge is 2.12. The SMILES string of the molecule is O[C@@H](CNc1cnc2ccccc2n1)c1ccccc1F. The van der Waals surface area contributed by atoms with E-state index in [9.17, 15) is 9.50 Å². The van der Waals surface area contributed by atoms with Crippen LogP contribution in [0.1, 0.15) is 11.7 Å². The fourth-order valence-corrected chi connectivity index (χ4v) is 2.10. The molecule has 3 aromatic rings. The molecule has 0 radical (unpaired) electrons. The number of aliphatic hydroxyl groups is 1. The van der Waals surface area contributed by atoms with Gasteiger partial charge in [0.2, 0.25) is 0 Å². The lowest BCUT2D eigenvalue weighted by Gasteiger charge is -2.13. The molecule has 1 heterocycles. The number of halogens is 1. The molecule has 1 aromatic heterocycles. The van der Waals surface area contributed by atoms with Gasteiger partial charge in [-0.25, -0.2) is 9.37 Å². The summed E-state index contributed by atoms with van der Waals surface area (Å²) >= 11 is 0. The van der Waals surface area contributed by atoms with Crippen LogP contribution in [-0.4, -0.2) is 21.6 Å². The second kappa shape index (κ2) is 5.85. The Morgan fingerprint density at radius 2 is 1.76 bits per heavy atom. The molecule has 1 atom stereocenters. The highest BCUT2D eigenvalue weighted by molar-refractivity contribution is 5.75. The summed E-state index contributed by atoms with van der Waals surface area (Å²) in [6, 6.07) is 13.7. The molecule has 0 aliphatic carbocycles. The summed E-state index contributed by atoms with van der Waals surface area (Å²) in [5, 5.41) is 13.0. The number of aliphatic hydroxyl groups excluding tert-OH is 1. The number of hydrogen-bond acceptors (Lipinski definition) is 4. The first-order valence-corrected chi connectivity index (χ1v) is 6.62. The average molecular weight is 283 g/mol. The van der Waals surface area contributed by atoms with Crippen LogP contribution in [0.4, 0.5) is 10.2 Å². The Hall–Kier alpha value is -2.53. The zero-order valence-electron chi connectivity index (χ0n) is 11.2. The number of aromatic nitrogens is 2. The van der Waals surface area contributed by atoms with E-state index in [1.165, 1.54) is 6.07 Å². The molecule has 0 amide bonds. The van der Waals surface area contributed by atoms with Gasteiger partial charge in [-0.05, 0) is 18.2 Å². The van der Waals surface area contributed by atoms with Gasteiger partial charge in [0.05, 0.1) is 23.3 Å². The molecule has 0 spiro atoms. The molecule has 21 heavy (non-hydrogen) atoms. The lowest BCUT2D eigenvalue weighted by Crippen LogP contribution is -2.14. The fraction of sp³-hybridized carbons (Fsp3) is 0.125. The fourth-order valence-electron chi connectivity index (χ4n) is 2.10. The Balaban J connectivity index is 1.73. The van der Waals surface area contributed by atoms with Gasteiger partial charge in [0.1, 0.15) is 11.6 Å². The highest BCUT2D eigenvalue weighted by atomic mass is 19.1. The molecule has 2 aromatic carbocycles. The Labute approximate surface area is 121 Å². The maximum Gasteiger partial charge on any atom is 0.145 e. The van der Waals surface area contributed by atoms with Crippen molar-refractivity contribution in [2.24, 2.45) is 0 Å². The molecule has 0 bridgehead atoms. The number of anilines is 1. The normalized spacial score (nSPS) is 12.3. The van der Waals surface area contributed by atoms with E-state index in [-0.39, 0.29) is 12.1 Å². The summed E-state index contributed by atoms with van der Waals surface area (Å²) in [5.74, 6) is 0.125. The van der Waals surface area contributed by atoms with Gasteiger partial charge in [0, 0.05) is 12.1 Å². The zero-order valence-corrected chi connectivity index (χ0v) is 11.2. The van der Waals surface area contributed by atoms with Crippen molar-refractivity contribution in [3.05, 3.63) is 66.1 Å². The second-order valence-corrected chi connectivity index (χ2v) is 4.66. The number of hydrogen-bond donors (Lipinski definition) is 2. The van der Waals surface area contributed by atoms with Crippen LogP contribution in [0.25, 0.3) is 11.0 Å². The van der Waals surface area contributed by atoms with Crippen molar-refractivity contribution in [3.63, 3.8) is 0 Å². The third kappa shape index (κ3) is 2.98. The molecule has 2 N–H and O–H groups in total. The van der Waals surface area contributed by atoms with E-state index in [4.69, 9.17) is 0 Å². The van der Waals surface area contributed by atoms with Gasteiger partial charge < -0.3 is 10.4 Å². The number of para-hydroxylation sites is 2. The topological polar surface area (TPSA) is 58.0 Å². The average Bonchev–Trinajstić information content (AvgIpc) is 2.53. The van der Waals surface area contributed by atoms with E-state index in [0.717, 1.165) is 11.0 Å². The van der Waals surface area contributed by atoms with Crippen LogP contribution < -0.4 is 5.32 Å². The van der Waals surface area contributed by atoms with Gasteiger partial charge in [0.25, 0.3) is 0 Å². The first kappa shape index (κ1) is 13.5. The summed E-state index contributed by atoms with van der Waals surface area (Å²) in [6.07, 6.45) is 0.649. The molecule has 0 fully saturated rings. The maximum absolute atomic E-state index is 13.6. The first-order chi connectivity index (χ1) is 10.2. The Bertz CT molecular complexity index is 763. The van der Waals surface area contributed by atoms with Crippen molar-refractivity contribution in [1.82, 2.24) is 9.97 Å². The molecular formula is C16H14FN3O. The Kier molecular flexibility index (Phi) is 3.75. The smallest absolute Gasteiger partial charge is 0.145 e. The zero-order chi connectivity index (χ0) is 14.7. The summed E-state index contributed by atoms with van der Waals surface area (Å²) in [6.45, 7) is 0.161. The van der Waals surface area contributed by atoms with Crippen molar-refractivity contribution in [1.29, 1.82) is 0 Å². The van der Waals surface area contributed by atoms with Gasteiger partial charge in [0.15, 0.2) is 0 Å². The van der Waals surface area contributed by atoms with Crippen molar-refractivity contribution >= 4 is 16.9 Å². The minimum Gasteiger partial charge on any atom is -0.386 e. The molecule has 0 saturated heterocycles. The van der Waals surface area contributed by atoms with Crippen LogP contribution in [0.3, 0.4) is 0 Å². The molecule has 4 nitrogen and oxygen atoms in total. The van der Waals surface area contributed by atoms with E-state index in [1.807, 2.05) is 24.3 Å². The van der Waals surface area contributed by atoms with Gasteiger partial charge in [-0.3, -0.25) is 4.98 Å². The molecule has 3 rings (SSSR count). The number of fused-ring (bicyclic) bond motifs is 1. The maximum atomic E-state index is 13.6. The minimum atomic E-state index is -0.945. The van der Waals surface area contributed by atoms with Crippen LogP contribution >= 0.6 is 0 Å².